The first-order valence-electron chi connectivity index (χ1n) is 4.99. The summed E-state index contributed by atoms with van der Waals surface area (Å²) < 4.78 is 13.1. The van der Waals surface area contributed by atoms with Gasteiger partial charge in [0, 0.05) is 6.04 Å². The largest absolute Gasteiger partial charge is 0.328 e. The number of halogens is 1. The van der Waals surface area contributed by atoms with E-state index < -0.39 is 6.17 Å². The molecule has 1 aromatic carbocycles. The highest BCUT2D eigenvalue weighted by molar-refractivity contribution is 5.32. The Labute approximate surface area is 85.1 Å². The molecule has 0 spiro atoms. The van der Waals surface area contributed by atoms with E-state index in [9.17, 15) is 4.39 Å². The van der Waals surface area contributed by atoms with Gasteiger partial charge in [0.25, 0.3) is 0 Å². The van der Waals surface area contributed by atoms with Gasteiger partial charge in [-0.3, -0.25) is 0 Å². The second-order valence-electron chi connectivity index (χ2n) is 3.98. The lowest BCUT2D eigenvalue weighted by Gasteiger charge is -2.11. The molecular weight excluding hydrogens is 177 g/mol. The molecule has 2 unspecified atom stereocenters. The SMILES string of the molecule is Cc1ccc(C(C)F)cc1CC(C)N. The molecule has 0 saturated carbocycles. The molecule has 0 aromatic heterocycles. The summed E-state index contributed by atoms with van der Waals surface area (Å²) in [6, 6.07) is 5.84. The van der Waals surface area contributed by atoms with E-state index in [4.69, 9.17) is 5.73 Å². The minimum Gasteiger partial charge on any atom is -0.328 e. The van der Waals surface area contributed by atoms with Gasteiger partial charge in [0.05, 0.1) is 0 Å². The van der Waals surface area contributed by atoms with Crippen molar-refractivity contribution in [1.82, 2.24) is 0 Å². The van der Waals surface area contributed by atoms with Crippen LogP contribution in [0.15, 0.2) is 18.2 Å². The second-order valence-corrected chi connectivity index (χ2v) is 3.98. The maximum atomic E-state index is 13.1. The average Bonchev–Trinajstić information content (AvgIpc) is 2.07. The number of alkyl halides is 1. The van der Waals surface area contributed by atoms with Crippen molar-refractivity contribution in [3.05, 3.63) is 34.9 Å². The van der Waals surface area contributed by atoms with Crippen molar-refractivity contribution >= 4 is 0 Å². The summed E-state index contributed by atoms with van der Waals surface area (Å²) in [6.45, 7) is 5.55. The van der Waals surface area contributed by atoms with E-state index in [2.05, 4.69) is 0 Å². The van der Waals surface area contributed by atoms with Gasteiger partial charge in [0.15, 0.2) is 0 Å². The van der Waals surface area contributed by atoms with Crippen molar-refractivity contribution in [2.45, 2.75) is 39.4 Å². The van der Waals surface area contributed by atoms with Crippen LogP contribution >= 0.6 is 0 Å². The van der Waals surface area contributed by atoms with Crippen LogP contribution in [0.4, 0.5) is 4.39 Å². The molecule has 2 atom stereocenters. The molecule has 14 heavy (non-hydrogen) atoms. The van der Waals surface area contributed by atoms with Gasteiger partial charge < -0.3 is 5.73 Å². The van der Waals surface area contributed by atoms with E-state index in [-0.39, 0.29) is 6.04 Å². The lowest BCUT2D eigenvalue weighted by Crippen LogP contribution is -2.18. The molecule has 0 aliphatic carbocycles. The molecule has 1 rings (SSSR count). The standard InChI is InChI=1S/C12H18FN/c1-8-4-5-11(10(3)13)7-12(8)6-9(2)14/h4-5,7,9-10H,6,14H2,1-3H3. The Morgan fingerprint density at radius 2 is 2.00 bits per heavy atom. The second kappa shape index (κ2) is 4.56. The average molecular weight is 195 g/mol. The van der Waals surface area contributed by atoms with Crippen LogP contribution < -0.4 is 5.73 Å². The van der Waals surface area contributed by atoms with Gasteiger partial charge in [-0.1, -0.05) is 18.2 Å². The summed E-state index contributed by atoms with van der Waals surface area (Å²) in [7, 11) is 0. The first-order chi connectivity index (χ1) is 6.50. The Kier molecular flexibility index (Phi) is 3.64. The van der Waals surface area contributed by atoms with Crippen LogP contribution in [0.25, 0.3) is 0 Å². The van der Waals surface area contributed by atoms with Crippen molar-refractivity contribution in [2.24, 2.45) is 5.73 Å². The maximum Gasteiger partial charge on any atom is 0.122 e. The molecule has 0 radical (unpaired) electrons. The van der Waals surface area contributed by atoms with Crippen LogP contribution in [0.2, 0.25) is 0 Å². The number of aryl methyl sites for hydroxylation is 1. The molecule has 2 N–H and O–H groups in total. The minimum atomic E-state index is -0.901. The Hall–Kier alpha value is -0.890. The van der Waals surface area contributed by atoms with Crippen molar-refractivity contribution in [2.75, 3.05) is 0 Å². The van der Waals surface area contributed by atoms with Gasteiger partial charge in [-0.05, 0) is 43.9 Å². The van der Waals surface area contributed by atoms with E-state index in [0.717, 1.165) is 17.5 Å². The minimum absolute atomic E-state index is 0.124. The van der Waals surface area contributed by atoms with Crippen LogP contribution in [-0.4, -0.2) is 6.04 Å². The summed E-state index contributed by atoms with van der Waals surface area (Å²) >= 11 is 0. The van der Waals surface area contributed by atoms with Gasteiger partial charge in [-0.2, -0.15) is 0 Å². The zero-order valence-corrected chi connectivity index (χ0v) is 9.05. The van der Waals surface area contributed by atoms with Gasteiger partial charge in [0.2, 0.25) is 0 Å². The molecule has 0 bridgehead atoms. The third-order valence-electron chi connectivity index (χ3n) is 2.37. The predicted molar refractivity (Wildman–Crippen MR) is 58.1 cm³/mol. The summed E-state index contributed by atoms with van der Waals surface area (Å²) in [5.41, 5.74) is 8.81. The molecule has 0 fully saturated rings. The van der Waals surface area contributed by atoms with Crippen molar-refractivity contribution in [1.29, 1.82) is 0 Å². The highest BCUT2D eigenvalue weighted by Crippen LogP contribution is 2.20. The summed E-state index contributed by atoms with van der Waals surface area (Å²) in [6.07, 6.45) is -0.0886. The molecule has 0 heterocycles. The Morgan fingerprint density at radius 3 is 2.50 bits per heavy atom. The van der Waals surface area contributed by atoms with Gasteiger partial charge in [0.1, 0.15) is 6.17 Å². The van der Waals surface area contributed by atoms with Crippen LogP contribution in [0, 0.1) is 6.92 Å². The first kappa shape index (κ1) is 11.2. The number of nitrogens with two attached hydrogens (primary N) is 1. The van der Waals surface area contributed by atoms with Gasteiger partial charge in [-0.15, -0.1) is 0 Å². The third-order valence-corrected chi connectivity index (χ3v) is 2.37. The van der Waals surface area contributed by atoms with E-state index in [1.165, 1.54) is 5.56 Å². The fraction of sp³-hybridized carbons (Fsp3) is 0.500. The zero-order valence-electron chi connectivity index (χ0n) is 9.05. The van der Waals surface area contributed by atoms with Crippen molar-refractivity contribution in [3.8, 4) is 0 Å². The lowest BCUT2D eigenvalue weighted by molar-refractivity contribution is 0.374. The quantitative estimate of drug-likeness (QED) is 0.788. The molecule has 1 nitrogen and oxygen atoms in total. The van der Waals surface area contributed by atoms with Crippen LogP contribution in [0.3, 0.4) is 0 Å². The molecule has 0 amide bonds. The lowest BCUT2D eigenvalue weighted by atomic mass is 9.98. The fourth-order valence-electron chi connectivity index (χ4n) is 1.51. The maximum absolute atomic E-state index is 13.1. The normalized spacial score (nSPS) is 15.2. The van der Waals surface area contributed by atoms with Crippen LogP contribution in [0.1, 0.15) is 36.7 Å². The zero-order chi connectivity index (χ0) is 10.7. The predicted octanol–water partition coefficient (Wildman–Crippen LogP) is 2.92. The van der Waals surface area contributed by atoms with Crippen LogP contribution in [0.5, 0.6) is 0 Å². The van der Waals surface area contributed by atoms with Gasteiger partial charge in [-0.25, -0.2) is 4.39 Å². The van der Waals surface area contributed by atoms with E-state index in [0.29, 0.717) is 0 Å². The molecule has 0 saturated heterocycles. The third kappa shape index (κ3) is 2.81. The van der Waals surface area contributed by atoms with Crippen molar-refractivity contribution < 1.29 is 4.39 Å². The summed E-state index contributed by atoms with van der Waals surface area (Å²) in [5.74, 6) is 0. The number of hydrogen-bond acceptors (Lipinski definition) is 1. The Morgan fingerprint density at radius 1 is 1.36 bits per heavy atom. The molecule has 78 valence electrons. The smallest absolute Gasteiger partial charge is 0.122 e. The number of benzene rings is 1. The number of hydrogen-bond donors (Lipinski definition) is 1. The fourth-order valence-corrected chi connectivity index (χ4v) is 1.51. The first-order valence-corrected chi connectivity index (χ1v) is 4.99. The summed E-state index contributed by atoms with van der Waals surface area (Å²) in [4.78, 5) is 0. The Bertz CT molecular complexity index is 305. The molecule has 0 aliphatic heterocycles. The van der Waals surface area contributed by atoms with E-state index in [1.807, 2.05) is 32.0 Å². The van der Waals surface area contributed by atoms with Crippen LogP contribution in [-0.2, 0) is 6.42 Å². The van der Waals surface area contributed by atoms with E-state index >= 15 is 0 Å². The molecule has 2 heteroatoms. The molecule has 1 aromatic rings. The van der Waals surface area contributed by atoms with E-state index in [1.54, 1.807) is 6.92 Å². The van der Waals surface area contributed by atoms with Crippen molar-refractivity contribution in [3.63, 3.8) is 0 Å². The molecule has 0 aliphatic rings. The monoisotopic (exact) mass is 195 g/mol. The highest BCUT2D eigenvalue weighted by atomic mass is 19.1. The molecular formula is C12H18FN. The van der Waals surface area contributed by atoms with Gasteiger partial charge >= 0.3 is 0 Å². The topological polar surface area (TPSA) is 26.0 Å². The number of rotatable bonds is 3. The summed E-state index contributed by atoms with van der Waals surface area (Å²) in [5, 5.41) is 0. The highest BCUT2D eigenvalue weighted by Gasteiger charge is 2.07. The Balaban J connectivity index is 2.96.